The summed E-state index contributed by atoms with van der Waals surface area (Å²) in [5.74, 6) is -1.97. The lowest BCUT2D eigenvalue weighted by Crippen LogP contribution is -2.15. The molecule has 0 radical (unpaired) electrons. The summed E-state index contributed by atoms with van der Waals surface area (Å²) in [4.78, 5) is 34.8. The molecular weight excluding hydrogens is 429 g/mol. The molecule has 158 valence electrons. The number of carbonyl (C=O) groups excluding carboxylic acids is 2. The number of anilines is 2. The molecular formula is C21H15ClFN3O5. The Morgan fingerprint density at radius 1 is 0.968 bits per heavy atom. The Balaban J connectivity index is 1.84. The summed E-state index contributed by atoms with van der Waals surface area (Å²) in [6.45, 7) is 0. The average Bonchev–Trinajstić information content (AvgIpc) is 2.76. The summed E-state index contributed by atoms with van der Waals surface area (Å²) >= 11 is 6.24. The van der Waals surface area contributed by atoms with Crippen LogP contribution in [0.1, 0.15) is 20.7 Å². The molecule has 0 bridgehead atoms. The van der Waals surface area contributed by atoms with Crippen molar-refractivity contribution in [3.05, 3.63) is 92.7 Å². The van der Waals surface area contributed by atoms with Crippen LogP contribution in [0.3, 0.4) is 0 Å². The number of ether oxygens (including phenoxy) is 1. The van der Waals surface area contributed by atoms with Gasteiger partial charge >= 0.3 is 5.69 Å². The molecule has 8 nitrogen and oxygen atoms in total. The molecule has 0 aliphatic heterocycles. The lowest BCUT2D eigenvalue weighted by atomic mass is 10.1. The van der Waals surface area contributed by atoms with Gasteiger partial charge in [-0.2, -0.15) is 4.39 Å². The Labute approximate surface area is 180 Å². The van der Waals surface area contributed by atoms with Gasteiger partial charge in [0.2, 0.25) is 5.82 Å². The number of halogens is 2. The van der Waals surface area contributed by atoms with Crippen LogP contribution in [0.5, 0.6) is 5.75 Å². The number of hydrogen-bond acceptors (Lipinski definition) is 5. The van der Waals surface area contributed by atoms with Gasteiger partial charge in [-0.05, 0) is 30.3 Å². The number of benzene rings is 3. The molecule has 0 saturated heterocycles. The second kappa shape index (κ2) is 9.23. The summed E-state index contributed by atoms with van der Waals surface area (Å²) < 4.78 is 18.8. The summed E-state index contributed by atoms with van der Waals surface area (Å²) in [6, 6.07) is 14.0. The molecule has 0 aliphatic rings. The van der Waals surface area contributed by atoms with E-state index in [-0.39, 0.29) is 33.6 Å². The van der Waals surface area contributed by atoms with Crippen molar-refractivity contribution in [3.8, 4) is 5.75 Å². The molecule has 0 heterocycles. The van der Waals surface area contributed by atoms with Gasteiger partial charge in [-0.15, -0.1) is 0 Å². The molecule has 0 fully saturated rings. The first-order valence-corrected chi connectivity index (χ1v) is 9.17. The van der Waals surface area contributed by atoms with Crippen molar-refractivity contribution in [1.29, 1.82) is 0 Å². The van der Waals surface area contributed by atoms with E-state index in [0.717, 1.165) is 18.2 Å². The molecule has 3 rings (SSSR count). The van der Waals surface area contributed by atoms with E-state index in [0.29, 0.717) is 5.56 Å². The van der Waals surface area contributed by atoms with Crippen LogP contribution < -0.4 is 15.4 Å². The van der Waals surface area contributed by atoms with Crippen LogP contribution >= 0.6 is 11.6 Å². The van der Waals surface area contributed by atoms with Gasteiger partial charge in [-0.3, -0.25) is 19.7 Å². The van der Waals surface area contributed by atoms with Gasteiger partial charge in [0, 0.05) is 23.3 Å². The highest BCUT2D eigenvalue weighted by molar-refractivity contribution is 6.34. The van der Waals surface area contributed by atoms with E-state index in [9.17, 15) is 24.1 Å². The molecule has 2 amide bonds. The topological polar surface area (TPSA) is 111 Å². The SMILES string of the molecule is COc1cc(NC(=O)c2ccc(F)c([N+](=O)[O-])c2)c(Cl)cc1NC(=O)c1ccccc1. The van der Waals surface area contributed by atoms with Crippen molar-refractivity contribution >= 4 is 40.5 Å². The smallest absolute Gasteiger partial charge is 0.305 e. The van der Waals surface area contributed by atoms with Crippen molar-refractivity contribution in [1.82, 2.24) is 0 Å². The number of hydrogen-bond donors (Lipinski definition) is 2. The van der Waals surface area contributed by atoms with Crippen LogP contribution in [-0.2, 0) is 0 Å². The summed E-state index contributed by atoms with van der Waals surface area (Å²) in [5, 5.41) is 16.1. The Morgan fingerprint density at radius 2 is 1.61 bits per heavy atom. The van der Waals surface area contributed by atoms with Gasteiger partial charge in [-0.25, -0.2) is 0 Å². The maximum Gasteiger partial charge on any atom is 0.305 e. The van der Waals surface area contributed by atoms with E-state index in [1.54, 1.807) is 30.3 Å². The maximum atomic E-state index is 13.5. The second-order valence-electron chi connectivity index (χ2n) is 6.23. The molecule has 10 heteroatoms. The molecule has 31 heavy (non-hydrogen) atoms. The van der Waals surface area contributed by atoms with Crippen molar-refractivity contribution in [2.75, 3.05) is 17.7 Å². The lowest BCUT2D eigenvalue weighted by molar-refractivity contribution is -0.387. The highest BCUT2D eigenvalue weighted by Crippen LogP contribution is 2.35. The fourth-order valence-electron chi connectivity index (χ4n) is 2.69. The fraction of sp³-hybridized carbons (Fsp3) is 0.0476. The Kier molecular flexibility index (Phi) is 6.46. The first-order valence-electron chi connectivity index (χ1n) is 8.79. The van der Waals surface area contributed by atoms with Gasteiger partial charge in [0.1, 0.15) is 5.75 Å². The molecule has 0 spiro atoms. The third kappa shape index (κ3) is 4.96. The number of methoxy groups -OCH3 is 1. The van der Waals surface area contributed by atoms with Gasteiger partial charge in [0.15, 0.2) is 0 Å². The minimum atomic E-state index is -1.06. The van der Waals surface area contributed by atoms with Crippen LogP contribution in [-0.4, -0.2) is 23.8 Å². The number of nitro groups is 1. The predicted molar refractivity (Wildman–Crippen MR) is 113 cm³/mol. The fourth-order valence-corrected chi connectivity index (χ4v) is 2.90. The van der Waals surface area contributed by atoms with E-state index in [1.807, 2.05) is 0 Å². The van der Waals surface area contributed by atoms with Crippen LogP contribution in [0, 0.1) is 15.9 Å². The normalized spacial score (nSPS) is 10.3. The summed E-state index contributed by atoms with van der Waals surface area (Å²) in [7, 11) is 1.37. The van der Waals surface area contributed by atoms with Crippen LogP contribution in [0.4, 0.5) is 21.5 Å². The van der Waals surface area contributed by atoms with Crippen molar-refractivity contribution in [2.24, 2.45) is 0 Å². The summed E-state index contributed by atoms with van der Waals surface area (Å²) in [5.41, 5.74) is -0.124. The third-order valence-electron chi connectivity index (χ3n) is 4.23. The first-order chi connectivity index (χ1) is 14.8. The highest BCUT2D eigenvalue weighted by Gasteiger charge is 2.19. The number of nitro benzene ring substituents is 1. The molecule has 3 aromatic rings. The van der Waals surface area contributed by atoms with E-state index >= 15 is 0 Å². The van der Waals surface area contributed by atoms with Gasteiger partial charge in [-0.1, -0.05) is 29.8 Å². The molecule has 0 aliphatic carbocycles. The van der Waals surface area contributed by atoms with E-state index < -0.39 is 22.3 Å². The number of rotatable bonds is 6. The standard InChI is InChI=1S/C21H15ClFN3O5/c1-31-19-11-16(24-21(28)13-7-8-15(23)18(9-13)26(29)30)14(22)10-17(19)25-20(27)12-5-3-2-4-6-12/h2-11H,1H3,(H,24,28)(H,25,27). The lowest BCUT2D eigenvalue weighted by Gasteiger charge is -2.14. The average molecular weight is 444 g/mol. The summed E-state index contributed by atoms with van der Waals surface area (Å²) in [6.07, 6.45) is 0. The molecule has 0 saturated carbocycles. The quantitative estimate of drug-likeness (QED) is 0.416. The zero-order chi connectivity index (χ0) is 22.5. The van der Waals surface area contributed by atoms with Crippen LogP contribution in [0.25, 0.3) is 0 Å². The minimum Gasteiger partial charge on any atom is -0.494 e. The van der Waals surface area contributed by atoms with E-state index in [4.69, 9.17) is 16.3 Å². The van der Waals surface area contributed by atoms with E-state index in [2.05, 4.69) is 10.6 Å². The molecule has 3 aromatic carbocycles. The molecule has 0 aromatic heterocycles. The van der Waals surface area contributed by atoms with Crippen LogP contribution in [0.15, 0.2) is 60.7 Å². The first kappa shape index (κ1) is 21.7. The Hall–Kier alpha value is -3.98. The number of carbonyl (C=O) groups is 2. The van der Waals surface area contributed by atoms with Crippen molar-refractivity contribution in [2.45, 2.75) is 0 Å². The number of nitrogens with zero attached hydrogens (tertiary/aromatic N) is 1. The van der Waals surface area contributed by atoms with Crippen LogP contribution in [0.2, 0.25) is 5.02 Å². The zero-order valence-electron chi connectivity index (χ0n) is 16.0. The second-order valence-corrected chi connectivity index (χ2v) is 6.64. The monoisotopic (exact) mass is 443 g/mol. The van der Waals surface area contributed by atoms with Gasteiger partial charge in [0.25, 0.3) is 11.8 Å². The molecule has 0 unspecified atom stereocenters. The third-order valence-corrected chi connectivity index (χ3v) is 4.54. The number of amides is 2. The van der Waals surface area contributed by atoms with E-state index in [1.165, 1.54) is 19.2 Å². The zero-order valence-corrected chi connectivity index (χ0v) is 16.8. The maximum absolute atomic E-state index is 13.5. The predicted octanol–water partition coefficient (Wildman–Crippen LogP) is 4.90. The van der Waals surface area contributed by atoms with Crippen molar-refractivity contribution < 1.29 is 23.6 Å². The van der Waals surface area contributed by atoms with Crippen molar-refractivity contribution in [3.63, 3.8) is 0 Å². The minimum absolute atomic E-state index is 0.0779. The van der Waals surface area contributed by atoms with Gasteiger partial charge in [0.05, 0.1) is 28.4 Å². The Morgan fingerprint density at radius 3 is 2.26 bits per heavy atom. The van der Waals surface area contributed by atoms with Gasteiger partial charge < -0.3 is 15.4 Å². The number of nitrogens with one attached hydrogen (secondary N) is 2. The molecule has 0 atom stereocenters. The molecule has 2 N–H and O–H groups in total. The largest absolute Gasteiger partial charge is 0.494 e. The highest BCUT2D eigenvalue weighted by atomic mass is 35.5. The Bertz CT molecular complexity index is 1170.